The van der Waals surface area contributed by atoms with E-state index < -0.39 is 0 Å². The Kier molecular flexibility index (Phi) is 4.45. The van der Waals surface area contributed by atoms with E-state index >= 15 is 0 Å². The molecule has 3 heteroatoms. The first-order valence-electron chi connectivity index (χ1n) is 5.42. The van der Waals surface area contributed by atoms with Crippen molar-refractivity contribution in [1.82, 2.24) is 5.32 Å². The molecule has 0 saturated carbocycles. The third-order valence-electron chi connectivity index (χ3n) is 2.75. The fraction of sp³-hybridized carbons (Fsp3) is 0.462. The minimum Gasteiger partial charge on any atom is -0.312 e. The average Bonchev–Trinajstić information content (AvgIpc) is 2.25. The molecular formula is C13H17FN2. The van der Waals surface area contributed by atoms with Gasteiger partial charge in [0.2, 0.25) is 0 Å². The highest BCUT2D eigenvalue weighted by Gasteiger charge is 2.24. The molecule has 2 nitrogen and oxygen atoms in total. The first-order valence-corrected chi connectivity index (χ1v) is 5.42. The van der Waals surface area contributed by atoms with Crippen LogP contribution < -0.4 is 5.32 Å². The lowest BCUT2D eigenvalue weighted by molar-refractivity contribution is 0.362. The van der Waals surface area contributed by atoms with Crippen LogP contribution in [0.25, 0.3) is 0 Å². The Balaban J connectivity index is 3.02. The maximum Gasteiger partial charge on any atom is 0.123 e. The van der Waals surface area contributed by atoms with Gasteiger partial charge >= 0.3 is 0 Å². The summed E-state index contributed by atoms with van der Waals surface area (Å²) in [6, 6.07) is 8.57. The molecule has 0 aliphatic carbocycles. The molecule has 1 aromatic rings. The standard InChI is InChI=1S/C13H17FN2/c1-9(2)12(8-15)13(16-3)10-5-4-6-11(14)7-10/h4-7,9,12-13,16H,1-3H3. The van der Waals surface area contributed by atoms with Crippen molar-refractivity contribution in [2.24, 2.45) is 11.8 Å². The van der Waals surface area contributed by atoms with Gasteiger partial charge in [0.1, 0.15) is 5.82 Å². The Morgan fingerprint density at radius 1 is 1.38 bits per heavy atom. The van der Waals surface area contributed by atoms with Gasteiger partial charge in [-0.1, -0.05) is 26.0 Å². The van der Waals surface area contributed by atoms with E-state index in [1.165, 1.54) is 12.1 Å². The lowest BCUT2D eigenvalue weighted by Crippen LogP contribution is -2.27. The normalized spacial score (nSPS) is 14.5. The van der Waals surface area contributed by atoms with Gasteiger partial charge in [-0.25, -0.2) is 4.39 Å². The molecule has 86 valence electrons. The predicted octanol–water partition coefficient (Wildman–Crippen LogP) is 2.88. The van der Waals surface area contributed by atoms with Crippen LogP contribution in [-0.2, 0) is 0 Å². The Morgan fingerprint density at radius 2 is 2.06 bits per heavy atom. The van der Waals surface area contributed by atoms with E-state index in [1.54, 1.807) is 13.1 Å². The summed E-state index contributed by atoms with van der Waals surface area (Å²) in [7, 11) is 1.79. The van der Waals surface area contributed by atoms with Crippen LogP contribution in [0.3, 0.4) is 0 Å². The molecule has 1 N–H and O–H groups in total. The topological polar surface area (TPSA) is 35.8 Å². The van der Waals surface area contributed by atoms with E-state index in [0.29, 0.717) is 0 Å². The van der Waals surface area contributed by atoms with Crippen LogP contribution in [0.15, 0.2) is 24.3 Å². The zero-order valence-electron chi connectivity index (χ0n) is 9.87. The van der Waals surface area contributed by atoms with E-state index in [9.17, 15) is 4.39 Å². The van der Waals surface area contributed by atoms with Gasteiger partial charge in [-0.05, 0) is 30.7 Å². The molecule has 1 rings (SSSR count). The number of halogens is 1. The van der Waals surface area contributed by atoms with E-state index in [-0.39, 0.29) is 23.7 Å². The summed E-state index contributed by atoms with van der Waals surface area (Å²) in [5.74, 6) is -0.198. The Bertz CT molecular complexity index is 382. The van der Waals surface area contributed by atoms with Crippen LogP contribution in [-0.4, -0.2) is 7.05 Å². The molecule has 2 unspecified atom stereocenters. The van der Waals surface area contributed by atoms with Crippen molar-refractivity contribution < 1.29 is 4.39 Å². The summed E-state index contributed by atoms with van der Waals surface area (Å²) in [6.07, 6.45) is 0. The Morgan fingerprint density at radius 3 is 2.50 bits per heavy atom. The van der Waals surface area contributed by atoms with Crippen LogP contribution in [0.4, 0.5) is 4.39 Å². The molecule has 0 amide bonds. The van der Waals surface area contributed by atoms with Gasteiger partial charge < -0.3 is 5.32 Å². The first-order chi connectivity index (χ1) is 7.60. The van der Waals surface area contributed by atoms with Crippen LogP contribution in [0.2, 0.25) is 0 Å². The van der Waals surface area contributed by atoms with Crippen LogP contribution in [0.5, 0.6) is 0 Å². The number of nitrogens with one attached hydrogen (secondary N) is 1. The van der Waals surface area contributed by atoms with E-state index in [0.717, 1.165) is 5.56 Å². The number of nitriles is 1. The summed E-state index contributed by atoms with van der Waals surface area (Å²) < 4.78 is 13.1. The van der Waals surface area contributed by atoms with Gasteiger partial charge in [0.05, 0.1) is 12.0 Å². The fourth-order valence-corrected chi connectivity index (χ4v) is 1.86. The maximum absolute atomic E-state index is 13.1. The zero-order chi connectivity index (χ0) is 12.1. The number of hydrogen-bond donors (Lipinski definition) is 1. The van der Waals surface area contributed by atoms with Crippen molar-refractivity contribution in [1.29, 1.82) is 5.26 Å². The van der Waals surface area contributed by atoms with Crippen molar-refractivity contribution in [2.45, 2.75) is 19.9 Å². The maximum atomic E-state index is 13.1. The number of rotatable bonds is 4. The summed E-state index contributed by atoms with van der Waals surface area (Å²) >= 11 is 0. The Labute approximate surface area is 96.1 Å². The minimum atomic E-state index is -0.266. The van der Waals surface area contributed by atoms with Gasteiger partial charge in [0.15, 0.2) is 0 Å². The molecular weight excluding hydrogens is 203 g/mol. The summed E-state index contributed by atoms with van der Waals surface area (Å²) in [5, 5.41) is 12.2. The lowest BCUT2D eigenvalue weighted by atomic mass is 9.86. The van der Waals surface area contributed by atoms with Gasteiger partial charge in [-0.2, -0.15) is 5.26 Å². The third-order valence-corrected chi connectivity index (χ3v) is 2.75. The SMILES string of the molecule is CNC(c1cccc(F)c1)C(C#N)C(C)C. The highest BCUT2D eigenvalue weighted by atomic mass is 19.1. The van der Waals surface area contributed by atoms with Crippen molar-refractivity contribution in [3.8, 4) is 6.07 Å². The smallest absolute Gasteiger partial charge is 0.123 e. The molecule has 16 heavy (non-hydrogen) atoms. The van der Waals surface area contributed by atoms with Gasteiger partial charge in [0.25, 0.3) is 0 Å². The quantitative estimate of drug-likeness (QED) is 0.846. The first kappa shape index (κ1) is 12.7. The third kappa shape index (κ3) is 2.80. The Hall–Kier alpha value is -1.40. The monoisotopic (exact) mass is 220 g/mol. The lowest BCUT2D eigenvalue weighted by Gasteiger charge is -2.24. The molecule has 1 aromatic carbocycles. The van der Waals surface area contributed by atoms with E-state index in [2.05, 4.69) is 11.4 Å². The van der Waals surface area contributed by atoms with Gasteiger partial charge in [-0.3, -0.25) is 0 Å². The number of hydrogen-bond acceptors (Lipinski definition) is 2. The largest absolute Gasteiger partial charge is 0.312 e. The highest BCUT2D eigenvalue weighted by molar-refractivity contribution is 5.22. The van der Waals surface area contributed by atoms with Crippen molar-refractivity contribution in [3.63, 3.8) is 0 Å². The summed E-state index contributed by atoms with van der Waals surface area (Å²) in [6.45, 7) is 4.00. The molecule has 0 aliphatic rings. The van der Waals surface area contributed by atoms with Crippen LogP contribution in [0.1, 0.15) is 25.5 Å². The summed E-state index contributed by atoms with van der Waals surface area (Å²) in [5.41, 5.74) is 0.822. The zero-order valence-corrected chi connectivity index (χ0v) is 9.87. The fourth-order valence-electron chi connectivity index (χ4n) is 1.86. The predicted molar refractivity (Wildman–Crippen MR) is 62.1 cm³/mol. The van der Waals surface area contributed by atoms with Crippen LogP contribution >= 0.6 is 0 Å². The van der Waals surface area contributed by atoms with Crippen LogP contribution in [0, 0.1) is 29.0 Å². The van der Waals surface area contributed by atoms with Gasteiger partial charge in [-0.15, -0.1) is 0 Å². The molecule has 0 aromatic heterocycles. The second-order valence-corrected chi connectivity index (χ2v) is 4.22. The molecule has 0 heterocycles. The number of nitrogens with zero attached hydrogens (tertiary/aromatic N) is 1. The second kappa shape index (κ2) is 5.62. The molecule has 0 saturated heterocycles. The average molecular weight is 220 g/mol. The summed E-state index contributed by atoms with van der Waals surface area (Å²) in [4.78, 5) is 0. The van der Waals surface area contributed by atoms with E-state index in [1.807, 2.05) is 19.9 Å². The minimum absolute atomic E-state index is 0.124. The van der Waals surface area contributed by atoms with Crippen molar-refractivity contribution >= 4 is 0 Å². The molecule has 0 radical (unpaired) electrons. The highest BCUT2D eigenvalue weighted by Crippen LogP contribution is 2.27. The van der Waals surface area contributed by atoms with E-state index in [4.69, 9.17) is 5.26 Å². The van der Waals surface area contributed by atoms with Crippen molar-refractivity contribution in [3.05, 3.63) is 35.6 Å². The molecule has 0 bridgehead atoms. The van der Waals surface area contributed by atoms with Gasteiger partial charge in [0, 0.05) is 6.04 Å². The second-order valence-electron chi connectivity index (χ2n) is 4.22. The number of benzene rings is 1. The van der Waals surface area contributed by atoms with Crippen molar-refractivity contribution in [2.75, 3.05) is 7.05 Å². The molecule has 0 fully saturated rings. The molecule has 0 aliphatic heterocycles. The molecule has 2 atom stereocenters. The molecule has 0 spiro atoms.